The Morgan fingerprint density at radius 2 is 1.87 bits per heavy atom. The number of alkyl halides is 1. The maximum atomic E-state index is 12.1. The summed E-state index contributed by atoms with van der Waals surface area (Å²) in [7, 11) is -3.14. The summed E-state index contributed by atoms with van der Waals surface area (Å²) in [4.78, 5) is 0. The number of hydrogen-bond acceptors (Lipinski definition) is 3. The van der Waals surface area contributed by atoms with Crippen molar-refractivity contribution in [2.75, 3.05) is 19.1 Å². The van der Waals surface area contributed by atoms with Crippen molar-refractivity contribution in [1.82, 2.24) is 5.09 Å². The van der Waals surface area contributed by atoms with Crippen molar-refractivity contribution in [3.8, 4) is 0 Å². The van der Waals surface area contributed by atoms with Crippen LogP contribution in [0.5, 0.6) is 0 Å². The summed E-state index contributed by atoms with van der Waals surface area (Å²) in [6, 6.07) is 0. The molecule has 1 saturated heterocycles. The van der Waals surface area contributed by atoms with Crippen molar-refractivity contribution in [3.63, 3.8) is 0 Å². The number of halogens is 1. The van der Waals surface area contributed by atoms with E-state index in [1.165, 1.54) is 0 Å². The molecule has 0 aliphatic carbocycles. The van der Waals surface area contributed by atoms with Gasteiger partial charge in [-0.3, -0.25) is 9.05 Å². The molecule has 0 unspecified atom stereocenters. The van der Waals surface area contributed by atoms with Gasteiger partial charge in [0.2, 0.25) is 0 Å². The fourth-order valence-corrected chi connectivity index (χ4v) is 3.26. The van der Waals surface area contributed by atoms with E-state index in [-0.39, 0.29) is 11.0 Å². The van der Waals surface area contributed by atoms with E-state index in [0.29, 0.717) is 19.1 Å². The smallest absolute Gasteiger partial charge is 0.296 e. The molecule has 0 saturated carbocycles. The van der Waals surface area contributed by atoms with Crippen LogP contribution in [0.4, 0.5) is 0 Å². The molecule has 4 nitrogen and oxygen atoms in total. The molecule has 15 heavy (non-hydrogen) atoms. The molecule has 0 aromatic carbocycles. The molecule has 1 fully saturated rings. The van der Waals surface area contributed by atoms with E-state index >= 15 is 0 Å². The predicted molar refractivity (Wildman–Crippen MR) is 61.2 cm³/mol. The van der Waals surface area contributed by atoms with Crippen molar-refractivity contribution < 1.29 is 13.6 Å². The van der Waals surface area contributed by atoms with Crippen LogP contribution in [0.15, 0.2) is 0 Å². The summed E-state index contributed by atoms with van der Waals surface area (Å²) in [6.45, 7) is 8.40. The second-order valence-electron chi connectivity index (χ2n) is 5.35. The second-order valence-corrected chi connectivity index (χ2v) is 7.35. The second kappa shape index (κ2) is 4.34. The lowest BCUT2D eigenvalue weighted by Gasteiger charge is -2.37. The first-order valence-corrected chi connectivity index (χ1v) is 7.00. The zero-order valence-corrected chi connectivity index (χ0v) is 11.3. The number of rotatable bonds is 2. The molecule has 90 valence electrons. The average molecular weight is 256 g/mol. The van der Waals surface area contributed by atoms with Gasteiger partial charge in [-0.25, -0.2) is 9.65 Å². The Morgan fingerprint density at radius 1 is 1.40 bits per heavy atom. The summed E-state index contributed by atoms with van der Waals surface area (Å²) < 4.78 is 22.6. The molecule has 1 heterocycles. The summed E-state index contributed by atoms with van der Waals surface area (Å²) in [5.41, 5.74) is -0.542. The highest BCUT2D eigenvalue weighted by Gasteiger charge is 2.40. The summed E-state index contributed by atoms with van der Waals surface area (Å²) in [6.07, 6.45) is 0. The van der Waals surface area contributed by atoms with Gasteiger partial charge < -0.3 is 0 Å². The fourth-order valence-electron chi connectivity index (χ4n) is 1.11. The molecule has 6 heteroatoms. The highest BCUT2D eigenvalue weighted by Crippen LogP contribution is 2.51. The van der Waals surface area contributed by atoms with E-state index in [2.05, 4.69) is 5.09 Å². The lowest BCUT2D eigenvalue weighted by atomic mass is 9.96. The topological polar surface area (TPSA) is 47.6 Å². The molecule has 1 aliphatic rings. The Balaban J connectivity index is 2.59. The number of hydrogen-bond donors (Lipinski definition) is 1. The molecule has 0 atom stereocenters. The van der Waals surface area contributed by atoms with Crippen LogP contribution in [0, 0.1) is 5.41 Å². The van der Waals surface area contributed by atoms with Crippen LogP contribution < -0.4 is 5.09 Å². The van der Waals surface area contributed by atoms with E-state index in [1.54, 1.807) is 0 Å². The Hall–Kier alpha value is 0.400. The van der Waals surface area contributed by atoms with Gasteiger partial charge in [0.05, 0.1) is 13.2 Å². The number of nitrogens with one attached hydrogen (secondary N) is 1. The van der Waals surface area contributed by atoms with E-state index in [4.69, 9.17) is 20.6 Å². The Kier molecular flexibility index (Phi) is 3.90. The lowest BCUT2D eigenvalue weighted by molar-refractivity contribution is 0.0366. The molecule has 1 rings (SSSR count). The Bertz CT molecular complexity index is 265. The van der Waals surface area contributed by atoms with Gasteiger partial charge in [0.1, 0.15) is 0 Å². The molecule has 0 amide bonds. The van der Waals surface area contributed by atoms with Crippen molar-refractivity contribution in [2.24, 2.45) is 5.41 Å². The first-order valence-electron chi connectivity index (χ1n) is 4.93. The molecule has 0 radical (unpaired) electrons. The van der Waals surface area contributed by atoms with Gasteiger partial charge in [0.25, 0.3) is 0 Å². The Morgan fingerprint density at radius 3 is 2.20 bits per heavy atom. The molecule has 0 aromatic rings. The van der Waals surface area contributed by atoms with E-state index < -0.39 is 7.75 Å². The van der Waals surface area contributed by atoms with Gasteiger partial charge in [0, 0.05) is 16.8 Å². The normalized spacial score (nSPS) is 37.9. The minimum atomic E-state index is -3.14. The molecule has 0 bridgehead atoms. The third-order valence-corrected chi connectivity index (χ3v) is 4.49. The van der Waals surface area contributed by atoms with Gasteiger partial charge in [-0.1, -0.05) is 6.92 Å². The van der Waals surface area contributed by atoms with E-state index in [9.17, 15) is 4.57 Å². The van der Waals surface area contributed by atoms with Crippen molar-refractivity contribution in [1.29, 1.82) is 0 Å². The largest absolute Gasteiger partial charge is 0.405 e. The van der Waals surface area contributed by atoms with E-state index in [0.717, 1.165) is 0 Å². The third-order valence-electron chi connectivity index (χ3n) is 1.96. The molecular formula is C9H19ClNO3P. The quantitative estimate of drug-likeness (QED) is 0.609. The first-order chi connectivity index (χ1) is 6.68. The van der Waals surface area contributed by atoms with Crippen LogP contribution in [0.2, 0.25) is 0 Å². The van der Waals surface area contributed by atoms with Crippen LogP contribution in [0.3, 0.4) is 0 Å². The standard InChI is InChI=1S/C9H19ClNO3P/c1-8(2,3)11-15(12)13-6-9(4,5-10)7-14-15/h5-7H2,1-4H3,(H,11,12). The van der Waals surface area contributed by atoms with Crippen LogP contribution >= 0.6 is 19.3 Å². The van der Waals surface area contributed by atoms with Gasteiger partial charge in [-0.2, -0.15) is 0 Å². The van der Waals surface area contributed by atoms with Crippen LogP contribution in [-0.4, -0.2) is 24.6 Å². The molecule has 1 aliphatic heterocycles. The third kappa shape index (κ3) is 4.04. The van der Waals surface area contributed by atoms with Gasteiger partial charge >= 0.3 is 7.75 Å². The van der Waals surface area contributed by atoms with Crippen LogP contribution in [-0.2, 0) is 13.6 Å². The van der Waals surface area contributed by atoms with E-state index in [1.807, 2.05) is 27.7 Å². The SMILES string of the molecule is CC1(CCl)COP(=O)(NC(C)(C)C)OC1. The molecule has 0 aromatic heterocycles. The minimum Gasteiger partial charge on any atom is -0.296 e. The van der Waals surface area contributed by atoms with Gasteiger partial charge in [-0.05, 0) is 20.8 Å². The van der Waals surface area contributed by atoms with Crippen LogP contribution in [0.25, 0.3) is 0 Å². The molecular weight excluding hydrogens is 237 g/mol. The highest BCUT2D eigenvalue weighted by atomic mass is 35.5. The van der Waals surface area contributed by atoms with Gasteiger partial charge in [0.15, 0.2) is 0 Å². The van der Waals surface area contributed by atoms with Gasteiger partial charge in [-0.15, -0.1) is 11.6 Å². The average Bonchev–Trinajstić information content (AvgIpc) is 2.08. The maximum Gasteiger partial charge on any atom is 0.405 e. The summed E-state index contributed by atoms with van der Waals surface area (Å²) in [5.74, 6) is 0.433. The summed E-state index contributed by atoms with van der Waals surface area (Å²) in [5, 5.41) is 2.86. The predicted octanol–water partition coefficient (Wildman–Crippen LogP) is 2.77. The lowest BCUT2D eigenvalue weighted by Crippen LogP contribution is -2.41. The minimum absolute atomic E-state index is 0.241. The maximum absolute atomic E-state index is 12.1. The Labute approximate surface area is 96.3 Å². The summed E-state index contributed by atoms with van der Waals surface area (Å²) >= 11 is 5.78. The molecule has 0 spiro atoms. The fraction of sp³-hybridized carbons (Fsp3) is 1.00. The van der Waals surface area contributed by atoms with Crippen LogP contribution in [0.1, 0.15) is 27.7 Å². The monoisotopic (exact) mass is 255 g/mol. The van der Waals surface area contributed by atoms with Crippen molar-refractivity contribution >= 4 is 19.3 Å². The van der Waals surface area contributed by atoms with Crippen molar-refractivity contribution in [2.45, 2.75) is 33.2 Å². The zero-order valence-electron chi connectivity index (χ0n) is 9.67. The van der Waals surface area contributed by atoms with Crippen molar-refractivity contribution in [3.05, 3.63) is 0 Å². The zero-order chi connectivity index (χ0) is 11.7. The first kappa shape index (κ1) is 13.5. The highest BCUT2D eigenvalue weighted by molar-refractivity contribution is 7.51. The molecule has 1 N–H and O–H groups in total.